The van der Waals surface area contributed by atoms with Crippen molar-refractivity contribution >= 4 is 27.6 Å². The fourth-order valence-corrected chi connectivity index (χ4v) is 5.19. The van der Waals surface area contributed by atoms with Crippen molar-refractivity contribution in [3.63, 3.8) is 0 Å². The molecule has 1 fully saturated rings. The highest BCUT2D eigenvalue weighted by Crippen LogP contribution is 2.32. The van der Waals surface area contributed by atoms with Crippen molar-refractivity contribution in [3.05, 3.63) is 47.5 Å². The Morgan fingerprint density at radius 1 is 1.23 bits per heavy atom. The smallest absolute Gasteiger partial charge is 0.240 e. The number of hydrogen-bond acceptors (Lipinski definition) is 9. The third-order valence-electron chi connectivity index (χ3n) is 5.82. The summed E-state index contributed by atoms with van der Waals surface area (Å²) in [5, 5.41) is 7.80. The normalized spacial score (nSPS) is 18.1. The van der Waals surface area contributed by atoms with Crippen LogP contribution in [0.2, 0.25) is 5.02 Å². The number of anilines is 1. The van der Waals surface area contributed by atoms with Crippen LogP contribution in [0.1, 0.15) is 37.7 Å². The lowest BCUT2D eigenvalue weighted by Crippen LogP contribution is -2.34. The van der Waals surface area contributed by atoms with Gasteiger partial charge >= 0.3 is 0 Å². The average Bonchev–Trinajstić information content (AvgIpc) is 3.29. The fourth-order valence-electron chi connectivity index (χ4n) is 3.95. The van der Waals surface area contributed by atoms with Crippen molar-refractivity contribution in [1.82, 2.24) is 24.7 Å². The second-order valence-corrected chi connectivity index (χ2v) is 10.6. The molecule has 2 aromatic heterocycles. The number of aromatic nitrogens is 5. The highest BCUT2D eigenvalue weighted by atomic mass is 35.5. The summed E-state index contributed by atoms with van der Waals surface area (Å²) in [6.45, 7) is 2.59. The Kier molecular flexibility index (Phi) is 7.85. The van der Waals surface area contributed by atoms with Crippen molar-refractivity contribution in [2.75, 3.05) is 32.2 Å². The van der Waals surface area contributed by atoms with E-state index in [-0.39, 0.29) is 17.8 Å². The van der Waals surface area contributed by atoms with Crippen LogP contribution in [-0.4, -0.2) is 65.8 Å². The second-order valence-electron chi connectivity index (χ2n) is 8.09. The van der Waals surface area contributed by atoms with Gasteiger partial charge < -0.3 is 14.2 Å². The van der Waals surface area contributed by atoms with Crippen molar-refractivity contribution in [3.8, 4) is 17.1 Å². The molecular weight excluding hydrogens is 496 g/mol. The molecule has 0 saturated carbocycles. The number of methoxy groups -OCH3 is 2. The van der Waals surface area contributed by atoms with Gasteiger partial charge in [-0.3, -0.25) is 9.29 Å². The van der Waals surface area contributed by atoms with Crippen LogP contribution in [0, 0.1) is 0 Å². The maximum Gasteiger partial charge on any atom is 0.240 e. The largest absolute Gasteiger partial charge is 0.497 e. The van der Waals surface area contributed by atoms with Crippen LogP contribution in [0.3, 0.4) is 0 Å². The monoisotopic (exact) mass is 522 g/mol. The molecule has 1 aliphatic rings. The van der Waals surface area contributed by atoms with Crippen LogP contribution in [-0.2, 0) is 19.5 Å². The van der Waals surface area contributed by atoms with Gasteiger partial charge in [0, 0.05) is 31.7 Å². The number of halogens is 1. The number of nitrogens with one attached hydrogen (secondary N) is 1. The van der Waals surface area contributed by atoms with E-state index in [1.165, 1.54) is 26.4 Å². The molecule has 0 aliphatic carbocycles. The molecule has 35 heavy (non-hydrogen) atoms. The summed E-state index contributed by atoms with van der Waals surface area (Å²) >= 11 is 5.87. The Morgan fingerprint density at radius 2 is 2.00 bits per heavy atom. The van der Waals surface area contributed by atoms with E-state index < -0.39 is 21.4 Å². The molecule has 1 unspecified atom stereocenters. The van der Waals surface area contributed by atoms with Crippen LogP contribution >= 0.6 is 11.6 Å². The van der Waals surface area contributed by atoms with E-state index in [1.807, 2.05) is 24.3 Å². The SMILES string of the molecule is COc1cccc(-c2nnc(NS(=O)(=O)[C@@H](C)[C@H](OC)c3ncc(Cl)cn3)n2C2CCCOC2)c1. The molecule has 3 heterocycles. The Balaban J connectivity index is 1.69. The van der Waals surface area contributed by atoms with Gasteiger partial charge in [-0.15, -0.1) is 10.2 Å². The van der Waals surface area contributed by atoms with Crippen molar-refractivity contribution in [1.29, 1.82) is 0 Å². The highest BCUT2D eigenvalue weighted by Gasteiger charge is 2.35. The molecule has 0 bridgehead atoms. The van der Waals surface area contributed by atoms with Crippen molar-refractivity contribution in [2.45, 2.75) is 37.2 Å². The van der Waals surface area contributed by atoms with Gasteiger partial charge in [-0.2, -0.15) is 0 Å². The van der Waals surface area contributed by atoms with Crippen LogP contribution in [0.15, 0.2) is 36.7 Å². The minimum atomic E-state index is -4.00. The fraction of sp³-hybridized carbons (Fsp3) is 0.455. The minimum absolute atomic E-state index is 0.0945. The van der Waals surface area contributed by atoms with Crippen LogP contribution in [0.25, 0.3) is 11.4 Å². The quantitative estimate of drug-likeness (QED) is 0.449. The van der Waals surface area contributed by atoms with E-state index in [4.69, 9.17) is 25.8 Å². The third kappa shape index (κ3) is 5.56. The molecule has 1 saturated heterocycles. The molecule has 3 atom stereocenters. The Bertz CT molecular complexity index is 1250. The Hall–Kier alpha value is -2.80. The molecule has 3 aromatic rings. The van der Waals surface area contributed by atoms with Gasteiger partial charge in [-0.05, 0) is 31.9 Å². The number of hydrogen-bond donors (Lipinski definition) is 1. The molecule has 4 rings (SSSR count). The van der Waals surface area contributed by atoms with Crippen molar-refractivity contribution in [2.24, 2.45) is 0 Å². The van der Waals surface area contributed by atoms with Gasteiger partial charge in [0.15, 0.2) is 11.6 Å². The first-order chi connectivity index (χ1) is 16.8. The second kappa shape index (κ2) is 10.9. The van der Waals surface area contributed by atoms with Gasteiger partial charge in [0.25, 0.3) is 0 Å². The summed E-state index contributed by atoms with van der Waals surface area (Å²) in [5.74, 6) is 1.46. The molecule has 1 aliphatic heterocycles. The molecule has 0 radical (unpaired) electrons. The van der Waals surface area contributed by atoms with Gasteiger partial charge in [-0.25, -0.2) is 18.4 Å². The number of ether oxygens (including phenoxy) is 3. The van der Waals surface area contributed by atoms with Gasteiger partial charge in [-0.1, -0.05) is 23.7 Å². The predicted octanol–water partition coefficient (Wildman–Crippen LogP) is 3.27. The van der Waals surface area contributed by atoms with Crippen LogP contribution < -0.4 is 9.46 Å². The first-order valence-electron chi connectivity index (χ1n) is 11.0. The minimum Gasteiger partial charge on any atom is -0.497 e. The lowest BCUT2D eigenvalue weighted by atomic mass is 10.1. The summed E-state index contributed by atoms with van der Waals surface area (Å²) in [6, 6.07) is 7.20. The van der Waals surface area contributed by atoms with E-state index in [0.29, 0.717) is 29.8 Å². The summed E-state index contributed by atoms with van der Waals surface area (Å²) in [4.78, 5) is 8.24. The van der Waals surface area contributed by atoms with Gasteiger partial charge in [0.05, 0.1) is 24.8 Å². The molecule has 11 nitrogen and oxygen atoms in total. The number of benzene rings is 1. The lowest BCUT2D eigenvalue weighted by Gasteiger charge is -2.27. The van der Waals surface area contributed by atoms with E-state index in [9.17, 15) is 8.42 Å². The number of rotatable bonds is 9. The molecule has 1 aromatic carbocycles. The zero-order chi connectivity index (χ0) is 25.0. The van der Waals surface area contributed by atoms with E-state index in [1.54, 1.807) is 11.7 Å². The maximum atomic E-state index is 13.4. The Labute approximate surface area is 208 Å². The zero-order valence-corrected chi connectivity index (χ0v) is 21.2. The molecule has 188 valence electrons. The molecular formula is C22H27ClN6O5S. The van der Waals surface area contributed by atoms with Crippen LogP contribution in [0.4, 0.5) is 5.95 Å². The lowest BCUT2D eigenvalue weighted by molar-refractivity contribution is 0.0602. The number of nitrogens with zero attached hydrogens (tertiary/aromatic N) is 5. The summed E-state index contributed by atoms with van der Waals surface area (Å²) in [7, 11) is -1.02. The summed E-state index contributed by atoms with van der Waals surface area (Å²) in [6.07, 6.45) is 3.48. The van der Waals surface area contributed by atoms with Crippen molar-refractivity contribution < 1.29 is 22.6 Å². The first-order valence-corrected chi connectivity index (χ1v) is 13.0. The maximum absolute atomic E-state index is 13.4. The molecule has 1 N–H and O–H groups in total. The predicted molar refractivity (Wildman–Crippen MR) is 130 cm³/mol. The van der Waals surface area contributed by atoms with Gasteiger partial charge in [0.2, 0.25) is 16.0 Å². The summed E-state index contributed by atoms with van der Waals surface area (Å²) in [5.41, 5.74) is 0.741. The zero-order valence-electron chi connectivity index (χ0n) is 19.6. The topological polar surface area (TPSA) is 130 Å². The van der Waals surface area contributed by atoms with E-state index >= 15 is 0 Å². The summed E-state index contributed by atoms with van der Waals surface area (Å²) < 4.78 is 47.7. The highest BCUT2D eigenvalue weighted by molar-refractivity contribution is 7.93. The molecule has 0 spiro atoms. The van der Waals surface area contributed by atoms with Crippen LogP contribution in [0.5, 0.6) is 5.75 Å². The Morgan fingerprint density at radius 3 is 2.66 bits per heavy atom. The first kappa shape index (κ1) is 25.3. The average molecular weight is 523 g/mol. The van der Waals surface area contributed by atoms with E-state index in [0.717, 1.165) is 18.4 Å². The molecule has 0 amide bonds. The third-order valence-corrected chi connectivity index (χ3v) is 7.71. The van der Waals surface area contributed by atoms with E-state index in [2.05, 4.69) is 24.9 Å². The standard InChI is InChI=1S/C22H27ClN6O5S/c1-14(19(33-3)20-24-11-16(23)12-25-20)35(30,31)28-22-27-26-21(15-6-4-8-18(10-15)32-2)29(22)17-7-5-9-34-13-17/h4,6,8,10-12,14,17,19H,5,7,9,13H2,1-3H3,(H,27,28)/t14-,17?,19-/m0/s1. The molecule has 13 heteroatoms. The number of sulfonamides is 1. The van der Waals surface area contributed by atoms with Gasteiger partial charge in [0.1, 0.15) is 17.1 Å².